The van der Waals surface area contributed by atoms with Crippen molar-refractivity contribution < 1.29 is 19.4 Å². The van der Waals surface area contributed by atoms with E-state index >= 15 is 0 Å². The summed E-state index contributed by atoms with van der Waals surface area (Å²) in [5, 5.41) is 12.2. The average Bonchev–Trinajstić information content (AvgIpc) is 3.24. The first-order valence-electron chi connectivity index (χ1n) is 8.94. The van der Waals surface area contributed by atoms with Gasteiger partial charge in [-0.2, -0.15) is 0 Å². The topological polar surface area (TPSA) is 75.6 Å². The van der Waals surface area contributed by atoms with Crippen LogP contribution in [0.4, 0.5) is 0 Å². The summed E-state index contributed by atoms with van der Waals surface area (Å²) in [4.78, 5) is 24.1. The lowest BCUT2D eigenvalue weighted by molar-refractivity contribution is -0.142. The van der Waals surface area contributed by atoms with Crippen LogP contribution in [0.1, 0.15) is 41.5 Å². The number of hydrogen-bond acceptors (Lipinski definition) is 3. The van der Waals surface area contributed by atoms with Crippen LogP contribution in [0.2, 0.25) is 0 Å². The Hall–Kier alpha value is -2.82. The normalized spacial score (nSPS) is 21.4. The van der Waals surface area contributed by atoms with Gasteiger partial charge in [0.2, 0.25) is 5.91 Å². The molecule has 2 N–H and O–H groups in total. The number of carbonyl (C=O) groups is 2. The predicted molar refractivity (Wildman–Crippen MR) is 96.1 cm³/mol. The van der Waals surface area contributed by atoms with E-state index in [9.17, 15) is 14.7 Å². The highest BCUT2D eigenvalue weighted by molar-refractivity contribution is 5.85. The highest BCUT2D eigenvalue weighted by Crippen LogP contribution is 2.49. The van der Waals surface area contributed by atoms with Crippen molar-refractivity contribution in [1.29, 1.82) is 0 Å². The number of carbonyl (C=O) groups excluding carboxylic acids is 1. The molecule has 2 aromatic carbocycles. The van der Waals surface area contributed by atoms with Gasteiger partial charge in [0.15, 0.2) is 6.04 Å². The summed E-state index contributed by atoms with van der Waals surface area (Å²) in [6.45, 7) is 0.617. The van der Waals surface area contributed by atoms with Crippen molar-refractivity contribution in [2.45, 2.75) is 31.2 Å². The standard InChI is InChI=1S/C21H21NO4/c23-19(12-16-11-17(16)13-4-2-1-3-5-13)22-20(21(24)25)15-6-7-18-14(10-15)8-9-26-18/h1-7,10,16-17,20H,8-9,11-12H2,(H,22,23)(H,24,25)/t16-,17-,20?/m0/s1. The van der Waals surface area contributed by atoms with Crippen LogP contribution in [0.3, 0.4) is 0 Å². The van der Waals surface area contributed by atoms with E-state index in [1.165, 1.54) is 5.56 Å². The summed E-state index contributed by atoms with van der Waals surface area (Å²) < 4.78 is 5.45. The lowest BCUT2D eigenvalue weighted by Crippen LogP contribution is -2.34. The van der Waals surface area contributed by atoms with Gasteiger partial charge in [0.05, 0.1) is 6.61 Å². The smallest absolute Gasteiger partial charge is 0.330 e. The van der Waals surface area contributed by atoms with Crippen LogP contribution in [0.25, 0.3) is 0 Å². The second kappa shape index (κ2) is 6.83. The molecule has 5 heteroatoms. The van der Waals surface area contributed by atoms with Crippen LogP contribution in [0, 0.1) is 5.92 Å². The zero-order chi connectivity index (χ0) is 18.1. The average molecular weight is 351 g/mol. The molecule has 1 aliphatic carbocycles. The lowest BCUT2D eigenvalue weighted by atomic mass is 10.0. The third-order valence-corrected chi connectivity index (χ3v) is 5.20. The monoisotopic (exact) mass is 351 g/mol. The van der Waals surface area contributed by atoms with Crippen LogP contribution < -0.4 is 10.1 Å². The SMILES string of the molecule is O=C(C[C@@H]1C[C@H]1c1ccccc1)NC(C(=O)O)c1ccc2c(c1)CCO2. The Morgan fingerprint density at radius 1 is 1.19 bits per heavy atom. The summed E-state index contributed by atoms with van der Waals surface area (Å²) in [7, 11) is 0. The van der Waals surface area contributed by atoms with E-state index in [0.717, 1.165) is 24.2 Å². The maximum Gasteiger partial charge on any atom is 0.330 e. The maximum absolute atomic E-state index is 12.4. The second-order valence-electron chi connectivity index (χ2n) is 7.02. The Balaban J connectivity index is 1.40. The van der Waals surface area contributed by atoms with Gasteiger partial charge < -0.3 is 15.2 Å². The van der Waals surface area contributed by atoms with Gasteiger partial charge in [0, 0.05) is 12.8 Å². The van der Waals surface area contributed by atoms with Crippen LogP contribution in [-0.4, -0.2) is 23.6 Å². The van der Waals surface area contributed by atoms with E-state index < -0.39 is 12.0 Å². The van der Waals surface area contributed by atoms with E-state index in [2.05, 4.69) is 17.4 Å². The van der Waals surface area contributed by atoms with Gasteiger partial charge in [0.1, 0.15) is 5.75 Å². The van der Waals surface area contributed by atoms with Crippen molar-refractivity contribution in [3.8, 4) is 5.75 Å². The van der Waals surface area contributed by atoms with Crippen LogP contribution in [0.5, 0.6) is 5.75 Å². The summed E-state index contributed by atoms with van der Waals surface area (Å²) in [5.74, 6) is 0.237. The van der Waals surface area contributed by atoms with Crippen molar-refractivity contribution >= 4 is 11.9 Å². The zero-order valence-electron chi connectivity index (χ0n) is 14.4. The van der Waals surface area contributed by atoms with E-state index in [0.29, 0.717) is 30.4 Å². The van der Waals surface area contributed by atoms with Crippen molar-refractivity contribution in [2.24, 2.45) is 5.92 Å². The highest BCUT2D eigenvalue weighted by Gasteiger charge is 2.40. The number of nitrogens with one attached hydrogen (secondary N) is 1. The van der Waals surface area contributed by atoms with Gasteiger partial charge in [-0.05, 0) is 47.1 Å². The minimum atomic E-state index is -1.05. The summed E-state index contributed by atoms with van der Waals surface area (Å²) in [6.07, 6.45) is 2.10. The molecule has 1 saturated carbocycles. The quantitative estimate of drug-likeness (QED) is 0.839. The fourth-order valence-electron chi connectivity index (χ4n) is 3.71. The molecule has 26 heavy (non-hydrogen) atoms. The second-order valence-corrected chi connectivity index (χ2v) is 7.02. The molecular formula is C21H21NO4. The first-order chi connectivity index (χ1) is 12.6. The molecular weight excluding hydrogens is 330 g/mol. The number of fused-ring (bicyclic) bond motifs is 1. The fourth-order valence-corrected chi connectivity index (χ4v) is 3.71. The molecule has 2 aromatic rings. The van der Waals surface area contributed by atoms with E-state index in [4.69, 9.17) is 4.74 Å². The number of aliphatic carboxylic acids is 1. The predicted octanol–water partition coefficient (Wildman–Crippen LogP) is 3.06. The molecule has 0 aromatic heterocycles. The molecule has 4 rings (SSSR count). The first-order valence-corrected chi connectivity index (χ1v) is 8.94. The van der Waals surface area contributed by atoms with E-state index in [-0.39, 0.29) is 5.91 Å². The molecule has 0 radical (unpaired) electrons. The number of carboxylic acids is 1. The van der Waals surface area contributed by atoms with Gasteiger partial charge in [0.25, 0.3) is 0 Å². The molecule has 5 nitrogen and oxygen atoms in total. The summed E-state index contributed by atoms with van der Waals surface area (Å²) in [5.41, 5.74) is 2.83. The molecule has 0 saturated heterocycles. The number of amides is 1. The molecule has 1 heterocycles. The molecule has 0 bridgehead atoms. The Morgan fingerprint density at radius 2 is 2.00 bits per heavy atom. The molecule has 134 valence electrons. The van der Waals surface area contributed by atoms with Crippen LogP contribution in [-0.2, 0) is 16.0 Å². The molecule has 1 aliphatic heterocycles. The molecule has 0 spiro atoms. The molecule has 1 amide bonds. The fraction of sp³-hybridized carbons (Fsp3) is 0.333. The minimum Gasteiger partial charge on any atom is -0.493 e. The third-order valence-electron chi connectivity index (χ3n) is 5.20. The van der Waals surface area contributed by atoms with Gasteiger partial charge in [-0.25, -0.2) is 4.79 Å². The van der Waals surface area contributed by atoms with Gasteiger partial charge in [-0.1, -0.05) is 36.4 Å². The largest absolute Gasteiger partial charge is 0.493 e. The van der Waals surface area contributed by atoms with Crippen LogP contribution >= 0.6 is 0 Å². The number of rotatable bonds is 6. The number of hydrogen-bond donors (Lipinski definition) is 2. The van der Waals surface area contributed by atoms with Crippen molar-refractivity contribution in [2.75, 3.05) is 6.61 Å². The molecule has 1 unspecified atom stereocenters. The molecule has 3 atom stereocenters. The van der Waals surface area contributed by atoms with Crippen molar-refractivity contribution in [1.82, 2.24) is 5.32 Å². The first kappa shape index (κ1) is 16.6. The highest BCUT2D eigenvalue weighted by atomic mass is 16.5. The zero-order valence-corrected chi connectivity index (χ0v) is 14.4. The Bertz CT molecular complexity index is 833. The van der Waals surface area contributed by atoms with Gasteiger partial charge in [-0.3, -0.25) is 4.79 Å². The minimum absolute atomic E-state index is 0.211. The van der Waals surface area contributed by atoms with E-state index in [1.807, 2.05) is 24.3 Å². The number of benzene rings is 2. The molecule has 2 aliphatic rings. The summed E-state index contributed by atoms with van der Waals surface area (Å²) >= 11 is 0. The van der Waals surface area contributed by atoms with Gasteiger partial charge >= 0.3 is 5.97 Å². The maximum atomic E-state index is 12.4. The lowest BCUT2D eigenvalue weighted by Gasteiger charge is -2.16. The number of ether oxygens (including phenoxy) is 1. The van der Waals surface area contributed by atoms with Crippen LogP contribution in [0.15, 0.2) is 48.5 Å². The summed E-state index contributed by atoms with van der Waals surface area (Å²) in [6, 6.07) is 14.4. The van der Waals surface area contributed by atoms with E-state index in [1.54, 1.807) is 12.1 Å². The molecule has 1 fully saturated rings. The Kier molecular flexibility index (Phi) is 4.37. The van der Waals surface area contributed by atoms with Gasteiger partial charge in [-0.15, -0.1) is 0 Å². The van der Waals surface area contributed by atoms with Crippen molar-refractivity contribution in [3.63, 3.8) is 0 Å². The number of carboxylic acid groups (broad SMARTS) is 1. The Morgan fingerprint density at radius 3 is 2.77 bits per heavy atom. The van der Waals surface area contributed by atoms with Crippen molar-refractivity contribution in [3.05, 3.63) is 65.2 Å². The third kappa shape index (κ3) is 3.43. The Labute approximate surface area is 152 Å².